The van der Waals surface area contributed by atoms with Crippen LogP contribution in [0.4, 0.5) is 4.79 Å². The van der Waals surface area contributed by atoms with E-state index in [1.165, 1.54) is 0 Å². The van der Waals surface area contributed by atoms with Gasteiger partial charge in [-0.25, -0.2) is 4.79 Å². The van der Waals surface area contributed by atoms with Crippen LogP contribution >= 0.6 is 0 Å². The van der Waals surface area contributed by atoms with Crippen LogP contribution in [0.3, 0.4) is 0 Å². The Bertz CT molecular complexity index is 448. The number of alkyl carbamates (subject to hydrolysis) is 1. The molecule has 1 aromatic rings. The SMILES string of the molecule is CC(O)C(CCc1ccc(O)cc1)NC(=O)OC(C)(C)C. The normalized spacial score (nSPS) is 14.3. The number of carbonyl (C=O) groups is 1. The molecule has 0 aromatic heterocycles. The first-order valence-electron chi connectivity index (χ1n) is 7.13. The minimum absolute atomic E-state index is 0.220. The average Bonchev–Trinajstić information content (AvgIpc) is 2.33. The van der Waals surface area contributed by atoms with E-state index in [1.807, 2.05) is 12.1 Å². The number of benzene rings is 1. The van der Waals surface area contributed by atoms with Gasteiger partial charge < -0.3 is 20.3 Å². The standard InChI is InChI=1S/C16H25NO4/c1-11(18)14(17-15(20)21-16(2,3)4)10-7-12-5-8-13(19)9-6-12/h5-6,8-9,11,14,18-19H,7,10H2,1-4H3,(H,17,20). The number of carbonyl (C=O) groups excluding carboxylic acids is 1. The summed E-state index contributed by atoms with van der Waals surface area (Å²) >= 11 is 0. The monoisotopic (exact) mass is 295 g/mol. The molecule has 0 saturated carbocycles. The Balaban J connectivity index is 2.54. The number of aryl methyl sites for hydroxylation is 1. The van der Waals surface area contributed by atoms with Crippen molar-refractivity contribution < 1.29 is 19.7 Å². The molecule has 5 heteroatoms. The minimum Gasteiger partial charge on any atom is -0.508 e. The van der Waals surface area contributed by atoms with E-state index < -0.39 is 17.8 Å². The molecule has 0 aliphatic heterocycles. The van der Waals surface area contributed by atoms with E-state index in [1.54, 1.807) is 39.8 Å². The van der Waals surface area contributed by atoms with Crippen molar-refractivity contribution in [3.63, 3.8) is 0 Å². The molecule has 1 amide bonds. The number of hydrogen-bond donors (Lipinski definition) is 3. The molecule has 1 rings (SSSR count). The fourth-order valence-electron chi connectivity index (χ4n) is 1.88. The van der Waals surface area contributed by atoms with E-state index in [2.05, 4.69) is 5.32 Å². The van der Waals surface area contributed by atoms with Gasteiger partial charge in [0.2, 0.25) is 0 Å². The van der Waals surface area contributed by atoms with Gasteiger partial charge in [-0.3, -0.25) is 0 Å². The first kappa shape index (κ1) is 17.3. The summed E-state index contributed by atoms with van der Waals surface area (Å²) in [5.41, 5.74) is 0.467. The van der Waals surface area contributed by atoms with Gasteiger partial charge in [0.15, 0.2) is 0 Å². The number of ether oxygens (including phenoxy) is 1. The first-order valence-corrected chi connectivity index (χ1v) is 7.13. The summed E-state index contributed by atoms with van der Waals surface area (Å²) < 4.78 is 5.19. The fourth-order valence-corrected chi connectivity index (χ4v) is 1.88. The number of hydrogen-bond acceptors (Lipinski definition) is 4. The lowest BCUT2D eigenvalue weighted by Crippen LogP contribution is -2.44. The maximum Gasteiger partial charge on any atom is 0.407 e. The molecule has 2 atom stereocenters. The van der Waals surface area contributed by atoms with Crippen molar-refractivity contribution in [1.82, 2.24) is 5.32 Å². The van der Waals surface area contributed by atoms with Crippen LogP contribution in [0.25, 0.3) is 0 Å². The molecule has 21 heavy (non-hydrogen) atoms. The Labute approximate surface area is 125 Å². The minimum atomic E-state index is -0.672. The predicted molar refractivity (Wildman–Crippen MR) is 81.3 cm³/mol. The summed E-state index contributed by atoms with van der Waals surface area (Å²) in [5, 5.41) is 21.7. The lowest BCUT2D eigenvalue weighted by molar-refractivity contribution is 0.0431. The van der Waals surface area contributed by atoms with E-state index in [4.69, 9.17) is 4.74 Å². The highest BCUT2D eigenvalue weighted by molar-refractivity contribution is 5.68. The number of amides is 1. The predicted octanol–water partition coefficient (Wildman–Crippen LogP) is 2.60. The van der Waals surface area contributed by atoms with Crippen molar-refractivity contribution >= 4 is 6.09 Å². The van der Waals surface area contributed by atoms with Gasteiger partial charge in [0.05, 0.1) is 12.1 Å². The van der Waals surface area contributed by atoms with Crippen molar-refractivity contribution in [3.8, 4) is 5.75 Å². The summed E-state index contributed by atoms with van der Waals surface area (Å²) in [6.07, 6.45) is 0.0709. The number of phenolic OH excluding ortho intramolecular Hbond substituents is 1. The molecule has 0 spiro atoms. The van der Waals surface area contributed by atoms with Gasteiger partial charge in [-0.05, 0) is 58.2 Å². The van der Waals surface area contributed by atoms with Crippen molar-refractivity contribution in [2.24, 2.45) is 0 Å². The van der Waals surface area contributed by atoms with Gasteiger partial charge >= 0.3 is 6.09 Å². The molecule has 3 N–H and O–H groups in total. The molecule has 1 aromatic carbocycles. The Kier molecular flexibility index (Phi) is 6.03. The second-order valence-corrected chi connectivity index (χ2v) is 6.20. The van der Waals surface area contributed by atoms with E-state index in [9.17, 15) is 15.0 Å². The molecular weight excluding hydrogens is 270 g/mol. The van der Waals surface area contributed by atoms with Crippen LogP contribution in [0.15, 0.2) is 24.3 Å². The maximum atomic E-state index is 11.8. The maximum absolute atomic E-state index is 11.8. The van der Waals surface area contributed by atoms with Crippen molar-refractivity contribution in [1.29, 1.82) is 0 Å². The molecule has 0 aliphatic rings. The van der Waals surface area contributed by atoms with Crippen LogP contribution in [0.5, 0.6) is 5.75 Å². The molecule has 0 fully saturated rings. The van der Waals surface area contributed by atoms with Crippen LogP contribution < -0.4 is 5.32 Å². The van der Waals surface area contributed by atoms with Gasteiger partial charge in [0.1, 0.15) is 11.4 Å². The topological polar surface area (TPSA) is 78.8 Å². The highest BCUT2D eigenvalue weighted by Crippen LogP contribution is 2.13. The molecule has 0 heterocycles. The van der Waals surface area contributed by atoms with Crippen molar-refractivity contribution in [2.75, 3.05) is 0 Å². The number of nitrogens with one attached hydrogen (secondary N) is 1. The zero-order chi connectivity index (χ0) is 16.0. The van der Waals surface area contributed by atoms with Crippen LogP contribution in [0, 0.1) is 0 Å². The van der Waals surface area contributed by atoms with E-state index in [0.29, 0.717) is 12.8 Å². The zero-order valence-corrected chi connectivity index (χ0v) is 13.1. The Morgan fingerprint density at radius 2 is 1.86 bits per heavy atom. The van der Waals surface area contributed by atoms with E-state index >= 15 is 0 Å². The number of aliphatic hydroxyl groups is 1. The summed E-state index contributed by atoms with van der Waals surface area (Å²) in [4.78, 5) is 11.8. The molecular formula is C16H25NO4. The molecule has 0 saturated heterocycles. The lowest BCUT2D eigenvalue weighted by Gasteiger charge is -2.25. The van der Waals surface area contributed by atoms with Crippen molar-refractivity contribution in [3.05, 3.63) is 29.8 Å². The molecule has 0 radical (unpaired) electrons. The smallest absolute Gasteiger partial charge is 0.407 e. The van der Waals surface area contributed by atoms with E-state index in [-0.39, 0.29) is 11.8 Å². The van der Waals surface area contributed by atoms with Gasteiger partial charge in [-0.2, -0.15) is 0 Å². The molecule has 0 aliphatic carbocycles. The highest BCUT2D eigenvalue weighted by Gasteiger charge is 2.22. The largest absolute Gasteiger partial charge is 0.508 e. The third-order valence-corrected chi connectivity index (χ3v) is 2.96. The number of aliphatic hydroxyl groups excluding tert-OH is 1. The van der Waals surface area contributed by atoms with Gasteiger partial charge in [-0.15, -0.1) is 0 Å². The Morgan fingerprint density at radius 1 is 1.29 bits per heavy atom. The second-order valence-electron chi connectivity index (χ2n) is 6.20. The zero-order valence-electron chi connectivity index (χ0n) is 13.1. The average molecular weight is 295 g/mol. The number of aromatic hydroxyl groups is 1. The fraction of sp³-hybridized carbons (Fsp3) is 0.562. The quantitative estimate of drug-likeness (QED) is 0.780. The first-order chi connectivity index (χ1) is 9.67. The molecule has 2 unspecified atom stereocenters. The highest BCUT2D eigenvalue weighted by atomic mass is 16.6. The van der Waals surface area contributed by atoms with Gasteiger partial charge in [0, 0.05) is 0 Å². The Morgan fingerprint density at radius 3 is 2.33 bits per heavy atom. The summed E-state index contributed by atoms with van der Waals surface area (Å²) in [6.45, 7) is 7.01. The van der Waals surface area contributed by atoms with E-state index in [0.717, 1.165) is 5.56 Å². The summed E-state index contributed by atoms with van der Waals surface area (Å²) in [5.74, 6) is 0.220. The number of phenols is 1. The lowest BCUT2D eigenvalue weighted by atomic mass is 10.0. The third kappa shape index (κ3) is 6.99. The number of rotatable bonds is 5. The van der Waals surface area contributed by atoms with Gasteiger partial charge in [-0.1, -0.05) is 12.1 Å². The van der Waals surface area contributed by atoms with Crippen LogP contribution in [0.2, 0.25) is 0 Å². The van der Waals surface area contributed by atoms with Crippen LogP contribution in [-0.2, 0) is 11.2 Å². The van der Waals surface area contributed by atoms with Crippen LogP contribution in [0.1, 0.15) is 39.7 Å². The molecule has 5 nitrogen and oxygen atoms in total. The molecule has 0 bridgehead atoms. The summed E-state index contributed by atoms with van der Waals surface area (Å²) in [6, 6.07) is 6.50. The van der Waals surface area contributed by atoms with Crippen molar-refractivity contribution in [2.45, 2.75) is 58.3 Å². The second kappa shape index (κ2) is 7.31. The molecule has 118 valence electrons. The third-order valence-electron chi connectivity index (χ3n) is 2.96. The summed E-state index contributed by atoms with van der Waals surface area (Å²) in [7, 11) is 0. The van der Waals surface area contributed by atoms with Gasteiger partial charge in [0.25, 0.3) is 0 Å². The Hall–Kier alpha value is -1.75. The van der Waals surface area contributed by atoms with Crippen LogP contribution in [-0.4, -0.2) is 34.1 Å².